The van der Waals surface area contributed by atoms with Crippen molar-refractivity contribution in [1.82, 2.24) is 0 Å². The summed E-state index contributed by atoms with van der Waals surface area (Å²) in [6.07, 6.45) is -4.35. The number of hydrogen-bond acceptors (Lipinski definition) is 2. The molecule has 0 spiro atoms. The molecule has 1 atom stereocenters. The number of halogens is 3. The number of hydrogen-bond donors (Lipinski definition) is 1. The van der Waals surface area contributed by atoms with Crippen LogP contribution in [0.1, 0.15) is 12.5 Å². The van der Waals surface area contributed by atoms with Crippen LogP contribution in [-0.2, 0) is 6.18 Å². The summed E-state index contributed by atoms with van der Waals surface area (Å²) in [5, 5.41) is 2.79. The standard InChI is InChI=1S/C10H10F3NO/c1-6-5-15-8-4-2-3-7(9(8)14-6)10(11,12)13/h2-4,6,14H,5H2,1H3. The van der Waals surface area contributed by atoms with Crippen LogP contribution < -0.4 is 10.1 Å². The third kappa shape index (κ3) is 1.86. The number of rotatable bonds is 0. The number of alkyl halides is 3. The van der Waals surface area contributed by atoms with E-state index in [1.807, 2.05) is 0 Å². The van der Waals surface area contributed by atoms with Gasteiger partial charge in [-0.25, -0.2) is 0 Å². The molecule has 1 aromatic carbocycles. The summed E-state index contributed by atoms with van der Waals surface area (Å²) in [6.45, 7) is 2.16. The van der Waals surface area contributed by atoms with E-state index in [4.69, 9.17) is 4.74 Å². The average molecular weight is 217 g/mol. The average Bonchev–Trinajstić information content (AvgIpc) is 2.15. The van der Waals surface area contributed by atoms with Gasteiger partial charge in [-0.3, -0.25) is 0 Å². The Hall–Kier alpha value is -1.39. The minimum absolute atomic E-state index is 0.0451. The highest BCUT2D eigenvalue weighted by Gasteiger charge is 2.36. The molecule has 5 heteroatoms. The summed E-state index contributed by atoms with van der Waals surface area (Å²) in [4.78, 5) is 0. The molecule has 0 saturated heterocycles. The first-order valence-corrected chi connectivity index (χ1v) is 4.58. The number of nitrogens with one attached hydrogen (secondary N) is 1. The van der Waals surface area contributed by atoms with Gasteiger partial charge in [0.15, 0.2) is 0 Å². The Morgan fingerprint density at radius 2 is 2.13 bits per heavy atom. The van der Waals surface area contributed by atoms with Crippen molar-refractivity contribution >= 4 is 5.69 Å². The lowest BCUT2D eigenvalue weighted by molar-refractivity contribution is -0.137. The molecule has 1 aliphatic heterocycles. The monoisotopic (exact) mass is 217 g/mol. The Morgan fingerprint density at radius 1 is 1.40 bits per heavy atom. The van der Waals surface area contributed by atoms with Gasteiger partial charge in [0.05, 0.1) is 17.3 Å². The van der Waals surface area contributed by atoms with Crippen molar-refractivity contribution in [2.45, 2.75) is 19.1 Å². The van der Waals surface area contributed by atoms with Crippen molar-refractivity contribution in [3.63, 3.8) is 0 Å². The molecule has 0 aromatic heterocycles. The third-order valence-corrected chi connectivity index (χ3v) is 2.21. The third-order valence-electron chi connectivity index (χ3n) is 2.21. The molecule has 0 radical (unpaired) electrons. The van der Waals surface area contributed by atoms with E-state index >= 15 is 0 Å². The second-order valence-corrected chi connectivity index (χ2v) is 3.53. The van der Waals surface area contributed by atoms with E-state index < -0.39 is 11.7 Å². The number of anilines is 1. The van der Waals surface area contributed by atoms with Gasteiger partial charge in [-0.15, -0.1) is 0 Å². The second kappa shape index (κ2) is 3.32. The van der Waals surface area contributed by atoms with Gasteiger partial charge in [0, 0.05) is 0 Å². The topological polar surface area (TPSA) is 21.3 Å². The van der Waals surface area contributed by atoms with E-state index in [9.17, 15) is 13.2 Å². The second-order valence-electron chi connectivity index (χ2n) is 3.53. The molecule has 0 bridgehead atoms. The molecule has 2 rings (SSSR count). The fourth-order valence-corrected chi connectivity index (χ4v) is 1.54. The Balaban J connectivity index is 2.49. The molecule has 0 aliphatic carbocycles. The van der Waals surface area contributed by atoms with E-state index in [0.29, 0.717) is 6.61 Å². The molecule has 1 N–H and O–H groups in total. The zero-order chi connectivity index (χ0) is 11.1. The van der Waals surface area contributed by atoms with Crippen LogP contribution in [0, 0.1) is 0 Å². The van der Waals surface area contributed by atoms with Crippen molar-refractivity contribution < 1.29 is 17.9 Å². The molecular weight excluding hydrogens is 207 g/mol. The van der Waals surface area contributed by atoms with Crippen LogP contribution in [0.25, 0.3) is 0 Å². The lowest BCUT2D eigenvalue weighted by atomic mass is 10.1. The Morgan fingerprint density at radius 3 is 2.80 bits per heavy atom. The number of para-hydroxylation sites is 1. The van der Waals surface area contributed by atoms with Crippen LogP contribution in [-0.4, -0.2) is 12.6 Å². The van der Waals surface area contributed by atoms with Gasteiger partial charge in [0.2, 0.25) is 0 Å². The maximum Gasteiger partial charge on any atom is 0.418 e. The van der Waals surface area contributed by atoms with Crippen LogP contribution in [0.2, 0.25) is 0 Å². The molecule has 0 amide bonds. The van der Waals surface area contributed by atoms with Crippen LogP contribution >= 0.6 is 0 Å². The SMILES string of the molecule is CC1COc2cccc(C(F)(F)F)c2N1. The fraction of sp³-hybridized carbons (Fsp3) is 0.400. The first kappa shape index (κ1) is 10.1. The summed E-state index contributed by atoms with van der Waals surface area (Å²) in [7, 11) is 0. The minimum atomic E-state index is -4.35. The fourth-order valence-electron chi connectivity index (χ4n) is 1.54. The number of ether oxygens (including phenoxy) is 1. The maximum atomic E-state index is 12.6. The molecule has 1 aliphatic rings. The highest BCUT2D eigenvalue weighted by molar-refractivity contribution is 5.64. The maximum absolute atomic E-state index is 12.6. The van der Waals surface area contributed by atoms with Gasteiger partial charge in [-0.1, -0.05) is 6.07 Å². The lowest BCUT2D eigenvalue weighted by Crippen LogP contribution is -2.30. The zero-order valence-electron chi connectivity index (χ0n) is 8.06. The van der Waals surface area contributed by atoms with Gasteiger partial charge >= 0.3 is 6.18 Å². The Bertz CT molecular complexity index is 375. The summed E-state index contributed by atoms with van der Waals surface area (Å²) in [5.74, 6) is 0.267. The zero-order valence-corrected chi connectivity index (χ0v) is 8.06. The van der Waals surface area contributed by atoms with E-state index in [0.717, 1.165) is 6.07 Å². The first-order chi connectivity index (χ1) is 6.98. The molecule has 2 nitrogen and oxygen atoms in total. The van der Waals surface area contributed by atoms with Gasteiger partial charge in [-0.05, 0) is 19.1 Å². The molecule has 1 unspecified atom stereocenters. The van der Waals surface area contributed by atoms with Crippen molar-refractivity contribution in [2.75, 3.05) is 11.9 Å². The number of fused-ring (bicyclic) bond motifs is 1. The number of benzene rings is 1. The lowest BCUT2D eigenvalue weighted by Gasteiger charge is -2.27. The van der Waals surface area contributed by atoms with E-state index in [1.165, 1.54) is 12.1 Å². The normalized spacial score (nSPS) is 20.1. The molecule has 0 fully saturated rings. The van der Waals surface area contributed by atoms with E-state index in [2.05, 4.69) is 5.32 Å². The molecule has 82 valence electrons. The van der Waals surface area contributed by atoms with Crippen LogP contribution in [0.5, 0.6) is 5.75 Å². The smallest absolute Gasteiger partial charge is 0.418 e. The molecular formula is C10H10F3NO. The Kier molecular flexibility index (Phi) is 2.25. The predicted octanol–water partition coefficient (Wildman–Crippen LogP) is 2.90. The van der Waals surface area contributed by atoms with Gasteiger partial charge in [0.25, 0.3) is 0 Å². The highest BCUT2D eigenvalue weighted by Crippen LogP contribution is 2.41. The van der Waals surface area contributed by atoms with Crippen molar-refractivity contribution in [2.24, 2.45) is 0 Å². The van der Waals surface area contributed by atoms with Gasteiger partial charge < -0.3 is 10.1 Å². The van der Waals surface area contributed by atoms with E-state index in [-0.39, 0.29) is 17.5 Å². The molecule has 0 saturated carbocycles. The Labute approximate surface area is 85.0 Å². The van der Waals surface area contributed by atoms with Crippen molar-refractivity contribution in [3.05, 3.63) is 23.8 Å². The van der Waals surface area contributed by atoms with Gasteiger partial charge in [-0.2, -0.15) is 13.2 Å². The first-order valence-electron chi connectivity index (χ1n) is 4.58. The van der Waals surface area contributed by atoms with Crippen LogP contribution in [0.3, 0.4) is 0 Å². The van der Waals surface area contributed by atoms with Gasteiger partial charge in [0.1, 0.15) is 12.4 Å². The molecule has 1 heterocycles. The highest BCUT2D eigenvalue weighted by atomic mass is 19.4. The van der Waals surface area contributed by atoms with E-state index in [1.54, 1.807) is 6.92 Å². The molecule has 1 aromatic rings. The summed E-state index contributed by atoms with van der Waals surface area (Å²) < 4.78 is 43.0. The van der Waals surface area contributed by atoms with Crippen molar-refractivity contribution in [3.8, 4) is 5.75 Å². The predicted molar refractivity (Wildman–Crippen MR) is 50.0 cm³/mol. The molecule has 15 heavy (non-hydrogen) atoms. The summed E-state index contributed by atoms with van der Waals surface area (Å²) in [5.41, 5.74) is -0.629. The van der Waals surface area contributed by atoms with Crippen molar-refractivity contribution in [1.29, 1.82) is 0 Å². The largest absolute Gasteiger partial charge is 0.489 e. The summed E-state index contributed by atoms with van der Waals surface area (Å²) in [6, 6.07) is 3.82. The summed E-state index contributed by atoms with van der Waals surface area (Å²) >= 11 is 0. The van der Waals surface area contributed by atoms with Crippen LogP contribution in [0.15, 0.2) is 18.2 Å². The quantitative estimate of drug-likeness (QED) is 0.721. The minimum Gasteiger partial charge on any atom is -0.489 e. The van der Waals surface area contributed by atoms with Crippen LogP contribution in [0.4, 0.5) is 18.9 Å².